The number of hydrogen-bond acceptors (Lipinski definition) is 2. The first kappa shape index (κ1) is 9.31. The van der Waals surface area contributed by atoms with Gasteiger partial charge in [-0.1, -0.05) is 5.92 Å². The summed E-state index contributed by atoms with van der Waals surface area (Å²) >= 11 is 0. The van der Waals surface area contributed by atoms with Gasteiger partial charge in [-0.3, -0.25) is 0 Å². The third-order valence-electron chi connectivity index (χ3n) is 3.13. The van der Waals surface area contributed by atoms with Crippen molar-refractivity contribution in [3.8, 4) is 12.3 Å². The number of terminal acetylenes is 1. The Labute approximate surface area is 73.2 Å². The molecular formula is C10H14O2. The lowest BCUT2D eigenvalue weighted by molar-refractivity contribution is -0.111. The molecule has 0 aromatic heterocycles. The smallest absolute Gasteiger partial charge is 0.179 e. The highest BCUT2D eigenvalue weighted by molar-refractivity contribution is 5.52. The van der Waals surface area contributed by atoms with Crippen LogP contribution in [0, 0.1) is 12.3 Å². The molecule has 0 fully saturated rings. The predicted octanol–water partition coefficient (Wildman–Crippen LogP) is 1.11. The molecule has 0 saturated carbocycles. The Kier molecular flexibility index (Phi) is 1.82. The van der Waals surface area contributed by atoms with Crippen LogP contribution in [0.4, 0.5) is 0 Å². The van der Waals surface area contributed by atoms with Crippen molar-refractivity contribution in [1.82, 2.24) is 0 Å². The van der Waals surface area contributed by atoms with Crippen molar-refractivity contribution >= 4 is 0 Å². The predicted molar refractivity (Wildman–Crippen MR) is 47.6 cm³/mol. The Morgan fingerprint density at radius 3 is 2.17 bits per heavy atom. The van der Waals surface area contributed by atoms with Gasteiger partial charge in [0.25, 0.3) is 0 Å². The SMILES string of the molecule is C#C[C@@]1(O)C(C)=C(C)[C@]1(C)OC. The molecule has 0 unspecified atom stereocenters. The van der Waals surface area contributed by atoms with Gasteiger partial charge < -0.3 is 9.84 Å². The molecule has 0 aliphatic heterocycles. The molecule has 2 heteroatoms. The van der Waals surface area contributed by atoms with Gasteiger partial charge in [-0.2, -0.15) is 0 Å². The van der Waals surface area contributed by atoms with E-state index in [-0.39, 0.29) is 0 Å². The molecule has 0 aromatic rings. The molecule has 66 valence electrons. The number of ether oxygens (including phenoxy) is 1. The van der Waals surface area contributed by atoms with Crippen molar-refractivity contribution in [3.05, 3.63) is 11.1 Å². The van der Waals surface area contributed by atoms with Gasteiger partial charge in [-0.05, 0) is 31.9 Å². The first-order valence-electron chi connectivity index (χ1n) is 3.87. The minimum absolute atomic E-state index is 0.703. The molecule has 0 spiro atoms. The summed E-state index contributed by atoms with van der Waals surface area (Å²) < 4.78 is 5.21. The lowest BCUT2D eigenvalue weighted by atomic mass is 9.63. The molecule has 1 aliphatic carbocycles. The van der Waals surface area contributed by atoms with Crippen LogP contribution < -0.4 is 0 Å². The Morgan fingerprint density at radius 1 is 1.42 bits per heavy atom. The molecule has 1 rings (SSSR count). The van der Waals surface area contributed by atoms with E-state index in [9.17, 15) is 5.11 Å². The molecule has 1 N–H and O–H groups in total. The van der Waals surface area contributed by atoms with Gasteiger partial charge in [0.05, 0.1) is 0 Å². The summed E-state index contributed by atoms with van der Waals surface area (Å²) in [6.07, 6.45) is 5.26. The van der Waals surface area contributed by atoms with Crippen LogP contribution in [0.3, 0.4) is 0 Å². The van der Waals surface area contributed by atoms with Crippen molar-refractivity contribution in [1.29, 1.82) is 0 Å². The van der Waals surface area contributed by atoms with Crippen LogP contribution in [0.25, 0.3) is 0 Å². The van der Waals surface area contributed by atoms with E-state index >= 15 is 0 Å². The summed E-state index contributed by atoms with van der Waals surface area (Å²) in [5.41, 5.74) is -0.0719. The average Bonchev–Trinajstić information content (AvgIpc) is 2.12. The molecule has 0 radical (unpaired) electrons. The molecule has 0 bridgehead atoms. The highest BCUT2D eigenvalue weighted by Gasteiger charge is 2.58. The number of aliphatic hydroxyl groups is 1. The van der Waals surface area contributed by atoms with E-state index in [1.165, 1.54) is 0 Å². The second-order valence-corrected chi connectivity index (χ2v) is 3.34. The summed E-state index contributed by atoms with van der Waals surface area (Å²) in [7, 11) is 1.55. The van der Waals surface area contributed by atoms with Crippen LogP contribution in [-0.4, -0.2) is 23.4 Å². The molecule has 2 atom stereocenters. The summed E-state index contributed by atoms with van der Waals surface area (Å²) in [6, 6.07) is 0. The number of hydrogen-bond donors (Lipinski definition) is 1. The van der Waals surface area contributed by atoms with Crippen LogP contribution in [0.2, 0.25) is 0 Å². The maximum absolute atomic E-state index is 9.96. The van der Waals surface area contributed by atoms with Crippen molar-refractivity contribution in [3.63, 3.8) is 0 Å². The molecule has 0 saturated heterocycles. The van der Waals surface area contributed by atoms with Crippen LogP contribution >= 0.6 is 0 Å². The second kappa shape index (κ2) is 2.35. The highest BCUT2D eigenvalue weighted by atomic mass is 16.5. The van der Waals surface area contributed by atoms with Gasteiger partial charge in [0, 0.05) is 7.11 Å². The van der Waals surface area contributed by atoms with E-state index in [1.54, 1.807) is 14.0 Å². The van der Waals surface area contributed by atoms with Crippen molar-refractivity contribution in [2.24, 2.45) is 0 Å². The third kappa shape index (κ3) is 0.682. The maximum atomic E-state index is 9.96. The molecule has 2 nitrogen and oxygen atoms in total. The largest absolute Gasteiger partial charge is 0.371 e. The van der Waals surface area contributed by atoms with E-state index in [1.807, 2.05) is 13.8 Å². The lowest BCUT2D eigenvalue weighted by Gasteiger charge is -2.51. The first-order valence-corrected chi connectivity index (χ1v) is 3.87. The van der Waals surface area contributed by atoms with Crippen LogP contribution in [0.1, 0.15) is 20.8 Å². The molecule has 1 aliphatic rings. The van der Waals surface area contributed by atoms with Gasteiger partial charge in [-0.15, -0.1) is 6.42 Å². The third-order valence-corrected chi connectivity index (χ3v) is 3.13. The van der Waals surface area contributed by atoms with Crippen LogP contribution in [-0.2, 0) is 4.74 Å². The molecule has 12 heavy (non-hydrogen) atoms. The molecular weight excluding hydrogens is 152 g/mol. The lowest BCUT2D eigenvalue weighted by Crippen LogP contribution is -2.62. The van der Waals surface area contributed by atoms with Crippen molar-refractivity contribution in [2.75, 3.05) is 7.11 Å². The topological polar surface area (TPSA) is 29.5 Å². The summed E-state index contributed by atoms with van der Waals surface area (Å²) in [5.74, 6) is 2.37. The molecule has 0 amide bonds. The van der Waals surface area contributed by atoms with Gasteiger partial charge in [0.15, 0.2) is 5.60 Å². The number of rotatable bonds is 1. The Balaban J connectivity index is 3.21. The fraction of sp³-hybridized carbons (Fsp3) is 0.600. The van der Waals surface area contributed by atoms with E-state index < -0.39 is 11.2 Å². The summed E-state index contributed by atoms with van der Waals surface area (Å²) in [5, 5.41) is 9.96. The first-order chi connectivity index (χ1) is 5.44. The van der Waals surface area contributed by atoms with Gasteiger partial charge in [0.2, 0.25) is 0 Å². The van der Waals surface area contributed by atoms with Gasteiger partial charge >= 0.3 is 0 Å². The standard InChI is InChI=1S/C10H14O2/c1-6-10(11)8(3)7(2)9(10,4)12-5/h1,11H,2-5H3/t9-,10+/m0/s1. The quantitative estimate of drug-likeness (QED) is 0.467. The Hall–Kier alpha value is -0.780. The zero-order valence-corrected chi connectivity index (χ0v) is 7.93. The van der Waals surface area contributed by atoms with E-state index in [4.69, 9.17) is 11.2 Å². The highest BCUT2D eigenvalue weighted by Crippen LogP contribution is 2.48. The zero-order valence-electron chi connectivity index (χ0n) is 7.93. The zero-order chi connectivity index (χ0) is 9.57. The van der Waals surface area contributed by atoms with Crippen molar-refractivity contribution < 1.29 is 9.84 Å². The average molecular weight is 166 g/mol. The van der Waals surface area contributed by atoms with Crippen molar-refractivity contribution in [2.45, 2.75) is 32.0 Å². The number of methoxy groups -OCH3 is 1. The minimum Gasteiger partial charge on any atom is -0.371 e. The van der Waals surface area contributed by atoms with Gasteiger partial charge in [0.1, 0.15) is 5.60 Å². The Morgan fingerprint density at radius 2 is 1.92 bits per heavy atom. The fourth-order valence-corrected chi connectivity index (χ4v) is 1.74. The monoisotopic (exact) mass is 166 g/mol. The normalized spacial score (nSPS) is 40.7. The van der Waals surface area contributed by atoms with E-state index in [2.05, 4.69) is 5.92 Å². The second-order valence-electron chi connectivity index (χ2n) is 3.34. The van der Waals surface area contributed by atoms with Gasteiger partial charge in [-0.25, -0.2) is 0 Å². The fourth-order valence-electron chi connectivity index (χ4n) is 1.74. The van der Waals surface area contributed by atoms with E-state index in [0.717, 1.165) is 11.1 Å². The maximum Gasteiger partial charge on any atom is 0.179 e. The molecule has 0 aromatic carbocycles. The van der Waals surface area contributed by atoms with Crippen LogP contribution in [0.15, 0.2) is 11.1 Å². The molecule has 0 heterocycles. The Bertz CT molecular complexity index is 285. The van der Waals surface area contributed by atoms with E-state index in [0.29, 0.717) is 0 Å². The minimum atomic E-state index is -1.22. The summed E-state index contributed by atoms with van der Waals surface area (Å²) in [4.78, 5) is 0. The van der Waals surface area contributed by atoms with Crippen LogP contribution in [0.5, 0.6) is 0 Å². The summed E-state index contributed by atoms with van der Waals surface area (Å²) in [6.45, 7) is 5.55.